The van der Waals surface area contributed by atoms with Crippen LogP contribution in [0.3, 0.4) is 0 Å². The molecule has 0 amide bonds. The molecule has 2 unspecified atom stereocenters. The summed E-state index contributed by atoms with van der Waals surface area (Å²) in [6, 6.07) is 0. The van der Waals surface area contributed by atoms with Gasteiger partial charge in [0.15, 0.2) is 0 Å². The molecule has 0 saturated carbocycles. The Bertz CT molecular complexity index is 844. The minimum Gasteiger partial charge on any atom is -0.379 e. The molecule has 50 heavy (non-hydrogen) atoms. The van der Waals surface area contributed by atoms with Gasteiger partial charge < -0.3 is 28.4 Å². The molecular formula is C36H74O12S2. The summed E-state index contributed by atoms with van der Waals surface area (Å²) in [5.74, 6) is -0.691. The van der Waals surface area contributed by atoms with Crippen molar-refractivity contribution in [1.82, 2.24) is 0 Å². The molecule has 12 nitrogen and oxygen atoms in total. The smallest absolute Gasteiger partial charge is 0.264 e. The zero-order valence-corrected chi connectivity index (χ0v) is 33.2. The van der Waals surface area contributed by atoms with E-state index in [1.807, 2.05) is 0 Å². The molecule has 14 heteroatoms. The van der Waals surface area contributed by atoms with Gasteiger partial charge in [0.2, 0.25) is 0 Å². The van der Waals surface area contributed by atoms with Gasteiger partial charge in [0.05, 0.1) is 37.9 Å². The highest BCUT2D eigenvalue weighted by molar-refractivity contribution is 7.86. The third-order valence-corrected chi connectivity index (χ3v) is 9.74. The van der Waals surface area contributed by atoms with Gasteiger partial charge in [0.25, 0.3) is 20.2 Å². The molecule has 0 aliphatic rings. The maximum absolute atomic E-state index is 11.0. The largest absolute Gasteiger partial charge is 0.379 e. The summed E-state index contributed by atoms with van der Waals surface area (Å²) in [7, 11) is -8.04. The fourth-order valence-corrected chi connectivity index (χ4v) is 6.18. The Morgan fingerprint density at radius 3 is 0.920 bits per heavy atom. The molecule has 0 saturated heterocycles. The van der Waals surface area contributed by atoms with Gasteiger partial charge in [-0.3, -0.25) is 9.11 Å². The Kier molecular flexibility index (Phi) is 35.3. The average molecular weight is 763 g/mol. The fourth-order valence-electron chi connectivity index (χ4n) is 5.21. The molecule has 0 aromatic rings. The lowest BCUT2D eigenvalue weighted by molar-refractivity contribution is -0.0652. The highest BCUT2D eigenvalue weighted by Gasteiger charge is 2.13. The molecule has 0 spiro atoms. The first kappa shape index (κ1) is 49.6. The average Bonchev–Trinajstić information content (AvgIpc) is 3.06. The molecule has 0 fully saturated rings. The van der Waals surface area contributed by atoms with E-state index in [-0.39, 0.29) is 49.8 Å². The van der Waals surface area contributed by atoms with Crippen molar-refractivity contribution in [2.24, 2.45) is 0 Å². The van der Waals surface area contributed by atoms with Crippen LogP contribution >= 0.6 is 0 Å². The highest BCUT2D eigenvalue weighted by Crippen LogP contribution is 2.10. The van der Waals surface area contributed by atoms with Gasteiger partial charge in [-0.05, 0) is 38.5 Å². The summed E-state index contributed by atoms with van der Waals surface area (Å²) in [6.45, 7) is 8.47. The Morgan fingerprint density at radius 2 is 0.640 bits per heavy atom. The van der Waals surface area contributed by atoms with Crippen LogP contribution < -0.4 is 0 Å². The van der Waals surface area contributed by atoms with Crippen LogP contribution in [0.2, 0.25) is 0 Å². The summed E-state index contributed by atoms with van der Waals surface area (Å²) in [5.41, 5.74) is 0. The van der Waals surface area contributed by atoms with Gasteiger partial charge in [-0.1, -0.05) is 104 Å². The Hall–Kier alpha value is -0.420. The van der Waals surface area contributed by atoms with Crippen molar-refractivity contribution in [2.75, 3.05) is 77.6 Å². The fraction of sp³-hybridized carbons (Fsp3) is 1.00. The Labute approximate surface area is 305 Å². The van der Waals surface area contributed by atoms with Crippen molar-refractivity contribution in [3.63, 3.8) is 0 Å². The molecule has 0 radical (unpaired) electrons. The van der Waals surface area contributed by atoms with E-state index < -0.39 is 20.2 Å². The van der Waals surface area contributed by atoms with Crippen molar-refractivity contribution in [3.05, 3.63) is 0 Å². The van der Waals surface area contributed by atoms with Gasteiger partial charge in [-0.15, -0.1) is 0 Å². The third kappa shape index (κ3) is 40.4. The van der Waals surface area contributed by atoms with Crippen LogP contribution in [0.15, 0.2) is 0 Å². The second-order valence-corrected chi connectivity index (χ2v) is 16.4. The van der Waals surface area contributed by atoms with E-state index in [2.05, 4.69) is 13.8 Å². The molecule has 302 valence electrons. The molecular weight excluding hydrogens is 689 g/mol. The second-order valence-electron chi connectivity index (χ2n) is 13.2. The molecule has 0 rings (SSSR count). The number of unbranched alkanes of at least 4 members (excludes halogenated alkanes) is 15. The van der Waals surface area contributed by atoms with E-state index in [0.717, 1.165) is 38.5 Å². The molecule has 0 aliphatic heterocycles. The van der Waals surface area contributed by atoms with Crippen LogP contribution in [0, 0.1) is 0 Å². The highest BCUT2D eigenvalue weighted by atomic mass is 32.2. The predicted molar refractivity (Wildman–Crippen MR) is 199 cm³/mol. The van der Waals surface area contributed by atoms with Crippen LogP contribution in [0.25, 0.3) is 0 Å². The minimum absolute atomic E-state index is 0.185. The lowest BCUT2D eigenvalue weighted by Crippen LogP contribution is -2.28. The van der Waals surface area contributed by atoms with E-state index in [1.54, 1.807) is 0 Å². The Morgan fingerprint density at radius 1 is 0.380 bits per heavy atom. The van der Waals surface area contributed by atoms with Gasteiger partial charge in [0.1, 0.15) is 12.2 Å². The normalized spacial score (nSPS) is 13.6. The summed E-state index contributed by atoms with van der Waals surface area (Å²) in [6.07, 6.45) is 20.8. The first-order valence-electron chi connectivity index (χ1n) is 19.5. The van der Waals surface area contributed by atoms with Crippen molar-refractivity contribution in [3.8, 4) is 0 Å². The van der Waals surface area contributed by atoms with E-state index >= 15 is 0 Å². The number of hydrogen-bond donors (Lipinski definition) is 2. The van der Waals surface area contributed by atoms with E-state index in [0.29, 0.717) is 52.9 Å². The minimum atomic E-state index is -4.02. The topological polar surface area (TPSA) is 164 Å². The van der Waals surface area contributed by atoms with Crippen molar-refractivity contribution in [2.45, 2.75) is 154 Å². The maximum Gasteiger partial charge on any atom is 0.264 e. The summed E-state index contributed by atoms with van der Waals surface area (Å²) in [5, 5.41) is 0. The van der Waals surface area contributed by atoms with Gasteiger partial charge in [-0.25, -0.2) is 0 Å². The third-order valence-electron chi connectivity index (χ3n) is 8.13. The number of hydrogen-bond acceptors (Lipinski definition) is 10. The van der Waals surface area contributed by atoms with E-state index in [9.17, 15) is 16.8 Å². The number of rotatable bonds is 41. The monoisotopic (exact) mass is 762 g/mol. The van der Waals surface area contributed by atoms with Crippen LogP contribution in [0.1, 0.15) is 142 Å². The van der Waals surface area contributed by atoms with Crippen LogP contribution in [0.4, 0.5) is 0 Å². The van der Waals surface area contributed by atoms with E-state index in [1.165, 1.54) is 77.0 Å². The lowest BCUT2D eigenvalue weighted by Gasteiger charge is -2.19. The van der Waals surface area contributed by atoms with Gasteiger partial charge in [-0.2, -0.15) is 16.8 Å². The quantitative estimate of drug-likeness (QED) is 0.0468. The Balaban J connectivity index is 4.30. The molecule has 0 aromatic heterocycles. The van der Waals surface area contributed by atoms with Crippen molar-refractivity contribution < 1.29 is 54.4 Å². The molecule has 2 N–H and O–H groups in total. The molecule has 0 aliphatic carbocycles. The summed E-state index contributed by atoms with van der Waals surface area (Å²) < 4.78 is 96.9. The zero-order chi connectivity index (χ0) is 37.0. The van der Waals surface area contributed by atoms with E-state index in [4.69, 9.17) is 37.5 Å². The zero-order valence-electron chi connectivity index (χ0n) is 31.6. The van der Waals surface area contributed by atoms with Crippen LogP contribution in [-0.2, 0) is 48.7 Å². The predicted octanol–water partition coefficient (Wildman–Crippen LogP) is 7.44. The van der Waals surface area contributed by atoms with Crippen LogP contribution in [-0.4, -0.2) is 116 Å². The summed E-state index contributed by atoms with van der Waals surface area (Å²) >= 11 is 0. The first-order chi connectivity index (χ1) is 24.1. The standard InChI is InChI=1S/C36H74O12S2/c1-3-5-7-9-11-13-15-17-23-43-31-35(47-27-21-29-49(37,38)39)33-45-25-19-20-26-46-34-36(48-28-22-30-50(40,41)42)32-44-24-18-16-14-12-10-8-6-4-2/h35-36H,3-34H2,1-2H3,(H,37,38,39)(H,40,41,42). The molecule has 0 aromatic carbocycles. The second kappa shape index (κ2) is 35.6. The molecule has 2 atom stereocenters. The number of ether oxygens (including phenoxy) is 6. The maximum atomic E-state index is 11.0. The van der Waals surface area contributed by atoms with Gasteiger partial charge in [0, 0.05) is 39.6 Å². The van der Waals surface area contributed by atoms with Crippen molar-refractivity contribution in [1.29, 1.82) is 0 Å². The first-order valence-corrected chi connectivity index (χ1v) is 22.7. The summed E-state index contributed by atoms with van der Waals surface area (Å²) in [4.78, 5) is 0. The molecule has 0 bridgehead atoms. The molecule has 0 heterocycles. The van der Waals surface area contributed by atoms with Crippen LogP contribution in [0.5, 0.6) is 0 Å². The van der Waals surface area contributed by atoms with Crippen molar-refractivity contribution >= 4 is 20.2 Å². The SMILES string of the molecule is CCCCCCCCCCOCC(COCCCCOCC(COCCCCCCCCCC)OCCCS(=O)(=O)O)OCCCS(=O)(=O)O. The van der Waals surface area contributed by atoms with Gasteiger partial charge >= 0.3 is 0 Å². The lowest BCUT2D eigenvalue weighted by atomic mass is 10.1.